The van der Waals surface area contributed by atoms with Crippen molar-refractivity contribution in [3.8, 4) is 0 Å². The van der Waals surface area contributed by atoms with Gasteiger partial charge >= 0.3 is 0 Å². The van der Waals surface area contributed by atoms with Gasteiger partial charge in [-0.05, 0) is 12.4 Å². The first-order valence-corrected chi connectivity index (χ1v) is 6.75. The molecule has 0 aromatic rings. The van der Waals surface area contributed by atoms with Crippen molar-refractivity contribution in [2.45, 2.75) is 58.2 Å². The minimum absolute atomic E-state index is 0.0156. The minimum atomic E-state index is -0.306. The van der Waals surface area contributed by atoms with Crippen LogP contribution in [0.3, 0.4) is 0 Å². The lowest BCUT2D eigenvalue weighted by Gasteiger charge is -2.15. The Morgan fingerprint density at radius 2 is 1.58 bits per heavy atom. The Morgan fingerprint density at radius 3 is 1.89 bits per heavy atom. The Labute approximate surface area is 120 Å². The quantitative estimate of drug-likeness (QED) is 0.734. The van der Waals surface area contributed by atoms with Crippen LogP contribution in [0.1, 0.15) is 46.5 Å². The van der Waals surface area contributed by atoms with Gasteiger partial charge in [-0.15, -0.1) is 0 Å². The molecule has 0 spiro atoms. The van der Waals surface area contributed by atoms with E-state index >= 15 is 0 Å². The highest BCUT2D eigenvalue weighted by Crippen LogP contribution is 2.09. The fourth-order valence-corrected chi connectivity index (χ4v) is 1.41. The van der Waals surface area contributed by atoms with Crippen LogP contribution in [0.15, 0.2) is 0 Å². The summed E-state index contributed by atoms with van der Waals surface area (Å²) in [7, 11) is 14.4. The van der Waals surface area contributed by atoms with Gasteiger partial charge in [0.05, 0.1) is 15.7 Å². The van der Waals surface area contributed by atoms with Crippen molar-refractivity contribution >= 4 is 27.5 Å². The highest BCUT2D eigenvalue weighted by atomic mass is 16.2. The van der Waals surface area contributed by atoms with Crippen molar-refractivity contribution in [1.29, 1.82) is 0 Å². The molecule has 4 radical (unpaired) electrons. The average Bonchev–Trinajstić information content (AvgIpc) is 2.28. The summed E-state index contributed by atoms with van der Waals surface area (Å²) >= 11 is 0. The van der Waals surface area contributed by atoms with Crippen LogP contribution in [-0.2, 0) is 9.59 Å². The van der Waals surface area contributed by atoms with E-state index in [1.165, 1.54) is 11.8 Å². The Morgan fingerprint density at radius 1 is 1.11 bits per heavy atom. The normalized spacial score (nSPS) is 12.7. The van der Waals surface area contributed by atoms with E-state index in [1.807, 2.05) is 13.8 Å². The number of carbonyl (C=O) groups excluding carboxylic acids is 2. The number of carbonyl (C=O) groups is 2. The second-order valence-corrected chi connectivity index (χ2v) is 4.72. The molecular formula is C13H26B2N2O2. The van der Waals surface area contributed by atoms with E-state index in [4.69, 9.17) is 15.7 Å². The molecule has 0 heterocycles. The fraction of sp³-hybridized carbons (Fsp3) is 0.846. The smallest absolute Gasteiger partial charge is 0.216 e. The topological polar surface area (TPSA) is 49.4 Å². The second kappa shape index (κ2) is 12.1. The van der Waals surface area contributed by atoms with E-state index in [1.54, 1.807) is 14.1 Å². The zero-order valence-electron chi connectivity index (χ0n) is 12.9. The van der Waals surface area contributed by atoms with Crippen LogP contribution in [0.2, 0.25) is 5.82 Å². The largest absolute Gasteiger partial charge is 0.362 e. The molecule has 6 heteroatoms. The van der Waals surface area contributed by atoms with E-state index in [9.17, 15) is 9.59 Å². The molecule has 1 N–H and O–H groups in total. The van der Waals surface area contributed by atoms with Gasteiger partial charge in [-0.25, -0.2) is 0 Å². The van der Waals surface area contributed by atoms with Gasteiger partial charge in [-0.3, -0.25) is 9.59 Å². The maximum absolute atomic E-state index is 11.0. The highest BCUT2D eigenvalue weighted by molar-refractivity contribution is 6.23. The first-order chi connectivity index (χ1) is 8.76. The first-order valence-electron chi connectivity index (χ1n) is 6.75. The van der Waals surface area contributed by atoms with Crippen molar-refractivity contribution in [3.63, 3.8) is 0 Å². The predicted molar refractivity (Wildman–Crippen MR) is 81.4 cm³/mol. The van der Waals surface area contributed by atoms with E-state index in [-0.39, 0.29) is 23.6 Å². The maximum Gasteiger partial charge on any atom is 0.216 e. The van der Waals surface area contributed by atoms with Crippen LogP contribution in [0.4, 0.5) is 0 Å². The molecule has 2 unspecified atom stereocenters. The third-order valence-corrected chi connectivity index (χ3v) is 2.35. The lowest BCUT2D eigenvalue weighted by molar-refractivity contribution is -0.128. The number of rotatable bonds is 6. The fourth-order valence-electron chi connectivity index (χ4n) is 1.41. The van der Waals surface area contributed by atoms with Crippen LogP contribution >= 0.6 is 0 Å². The highest BCUT2D eigenvalue weighted by Gasteiger charge is 2.11. The summed E-state index contributed by atoms with van der Waals surface area (Å²) in [6.45, 7) is 5.51. The number of hydrogen-bond donors (Lipinski definition) is 1. The molecule has 106 valence electrons. The third-order valence-electron chi connectivity index (χ3n) is 2.35. The van der Waals surface area contributed by atoms with Crippen LogP contribution < -0.4 is 5.32 Å². The van der Waals surface area contributed by atoms with Crippen LogP contribution in [0.25, 0.3) is 0 Å². The third kappa shape index (κ3) is 13.3. The summed E-state index contributed by atoms with van der Waals surface area (Å²) in [5.74, 6) is -0.509. The molecule has 0 saturated carbocycles. The number of amides is 2. The van der Waals surface area contributed by atoms with Crippen molar-refractivity contribution in [1.82, 2.24) is 10.2 Å². The van der Waals surface area contributed by atoms with E-state index in [0.29, 0.717) is 0 Å². The molecule has 0 aromatic heterocycles. The predicted octanol–water partition coefficient (Wildman–Crippen LogP) is 1.25. The molecule has 0 aliphatic heterocycles. The van der Waals surface area contributed by atoms with E-state index < -0.39 is 0 Å². The molecule has 0 saturated heterocycles. The summed E-state index contributed by atoms with van der Waals surface area (Å²) in [6.07, 6.45) is 3.58. The molecule has 2 amide bonds. The van der Waals surface area contributed by atoms with Crippen LogP contribution in [0.5, 0.6) is 0 Å². The van der Waals surface area contributed by atoms with Crippen LogP contribution in [0, 0.1) is 0 Å². The zero-order chi connectivity index (χ0) is 15.4. The van der Waals surface area contributed by atoms with Gasteiger partial charge in [0.1, 0.15) is 0 Å². The number of hydrogen-bond acceptors (Lipinski definition) is 2. The Hall–Kier alpha value is -0.930. The van der Waals surface area contributed by atoms with Crippen molar-refractivity contribution < 1.29 is 9.59 Å². The molecule has 0 rings (SSSR count). The molecule has 0 bridgehead atoms. The van der Waals surface area contributed by atoms with Crippen LogP contribution in [-0.4, -0.2) is 52.4 Å². The molecule has 0 aromatic carbocycles. The minimum Gasteiger partial charge on any atom is -0.362 e. The molecule has 0 aliphatic rings. The Bertz CT molecular complexity index is 261. The molecule has 0 fully saturated rings. The summed E-state index contributed by atoms with van der Waals surface area (Å²) < 4.78 is 0. The Balaban J connectivity index is 0. The van der Waals surface area contributed by atoms with Gasteiger partial charge in [-0.2, -0.15) is 0 Å². The summed E-state index contributed by atoms with van der Waals surface area (Å²) in [5, 5.41) is 2.58. The van der Waals surface area contributed by atoms with Crippen molar-refractivity contribution in [2.75, 3.05) is 14.1 Å². The SMILES string of the molecule is [B]C(CCC)C(=O)N(C)C.[B]C(CCC)NC(C)=O. The summed E-state index contributed by atoms with van der Waals surface area (Å²) in [4.78, 5) is 22.9. The monoisotopic (exact) mass is 264 g/mol. The Kier molecular flexibility index (Phi) is 13.0. The standard InChI is InChI=1S/C7H14BNO.C6H12BNO/c1-4-5-6(8)7(10)9(2)3;1-3-4-6(7)8-5(2)9/h6H,4-5H2,1-3H3;6H,3-4H2,1-2H3,(H,8,9). The van der Waals surface area contributed by atoms with Crippen molar-refractivity contribution in [3.05, 3.63) is 0 Å². The second-order valence-electron chi connectivity index (χ2n) is 4.72. The molecule has 19 heavy (non-hydrogen) atoms. The van der Waals surface area contributed by atoms with Gasteiger partial charge in [0.25, 0.3) is 0 Å². The van der Waals surface area contributed by atoms with Crippen molar-refractivity contribution in [2.24, 2.45) is 0 Å². The maximum atomic E-state index is 11.0. The summed E-state index contributed by atoms with van der Waals surface area (Å²) in [6, 6.07) is 0. The number of nitrogens with zero attached hydrogens (tertiary/aromatic N) is 1. The summed E-state index contributed by atoms with van der Waals surface area (Å²) in [5.41, 5.74) is 0. The first kappa shape index (κ1) is 20.4. The molecule has 4 nitrogen and oxygen atoms in total. The van der Waals surface area contributed by atoms with Gasteiger partial charge in [0.2, 0.25) is 11.8 Å². The van der Waals surface area contributed by atoms with E-state index in [2.05, 4.69) is 5.32 Å². The van der Waals surface area contributed by atoms with Gasteiger partial charge < -0.3 is 10.2 Å². The average molecular weight is 264 g/mol. The lowest BCUT2D eigenvalue weighted by Crippen LogP contribution is -2.32. The number of nitrogens with one attached hydrogen (secondary N) is 1. The molecule has 0 aliphatic carbocycles. The van der Waals surface area contributed by atoms with Gasteiger partial charge in [0.15, 0.2) is 0 Å². The van der Waals surface area contributed by atoms with Gasteiger partial charge in [0, 0.05) is 26.8 Å². The molecular weight excluding hydrogens is 238 g/mol. The van der Waals surface area contributed by atoms with Gasteiger partial charge in [-0.1, -0.05) is 33.1 Å². The van der Waals surface area contributed by atoms with E-state index in [0.717, 1.165) is 25.7 Å². The molecule has 2 atom stereocenters. The zero-order valence-corrected chi connectivity index (χ0v) is 12.9. The lowest BCUT2D eigenvalue weighted by atomic mass is 9.82.